The van der Waals surface area contributed by atoms with Crippen molar-refractivity contribution in [1.29, 1.82) is 0 Å². The molecule has 0 atom stereocenters. The maximum Gasteiger partial charge on any atom is 0.0472 e. The van der Waals surface area contributed by atoms with E-state index < -0.39 is 0 Å². The van der Waals surface area contributed by atoms with Crippen molar-refractivity contribution < 1.29 is 0 Å². The molecule has 0 aliphatic carbocycles. The van der Waals surface area contributed by atoms with Crippen LogP contribution in [0.4, 0.5) is 0 Å². The minimum Gasteiger partial charge on any atom is -0.103 e. The number of benzene rings is 1. The molecule has 64 valence electrons. The van der Waals surface area contributed by atoms with Gasteiger partial charge in [-0.1, -0.05) is 29.8 Å². The lowest BCUT2D eigenvalue weighted by molar-refractivity contribution is 1.22. The van der Waals surface area contributed by atoms with Gasteiger partial charge in [0.1, 0.15) is 0 Å². The summed E-state index contributed by atoms with van der Waals surface area (Å²) in [4.78, 5) is 0. The maximum absolute atomic E-state index is 6.13. The molecule has 12 heavy (non-hydrogen) atoms. The summed E-state index contributed by atoms with van der Waals surface area (Å²) >= 11 is 6.13. The van der Waals surface area contributed by atoms with Crippen LogP contribution in [0.1, 0.15) is 16.7 Å². The molecule has 0 bridgehead atoms. The van der Waals surface area contributed by atoms with Crippen molar-refractivity contribution in [2.75, 3.05) is 0 Å². The first-order valence-corrected chi connectivity index (χ1v) is 4.40. The average Bonchev–Trinajstić information content (AvgIpc) is 2.07. The minimum absolute atomic E-state index is 0.847. The Labute approximate surface area is 78.9 Å². The lowest BCUT2D eigenvalue weighted by Crippen LogP contribution is -1.89. The first-order valence-electron chi connectivity index (χ1n) is 4.02. The van der Waals surface area contributed by atoms with E-state index >= 15 is 0 Å². The molecule has 0 saturated heterocycles. The summed E-state index contributed by atoms with van der Waals surface area (Å²) in [7, 11) is 0. The van der Waals surface area contributed by atoms with E-state index in [-0.39, 0.29) is 0 Å². The Kier molecular flexibility index (Phi) is 2.93. The summed E-state index contributed by atoms with van der Waals surface area (Å²) in [6, 6.07) is 4.16. The van der Waals surface area contributed by atoms with Crippen molar-refractivity contribution in [2.24, 2.45) is 0 Å². The lowest BCUT2D eigenvalue weighted by atomic mass is 10.0. The van der Waals surface area contributed by atoms with Gasteiger partial charge in [-0.05, 0) is 37.0 Å². The van der Waals surface area contributed by atoms with Crippen molar-refractivity contribution in [2.45, 2.75) is 20.3 Å². The van der Waals surface area contributed by atoms with Gasteiger partial charge in [-0.3, -0.25) is 0 Å². The average molecular weight is 181 g/mol. The molecule has 0 amide bonds. The first kappa shape index (κ1) is 9.34. The summed E-state index contributed by atoms with van der Waals surface area (Å²) in [6.07, 6.45) is 2.72. The van der Waals surface area contributed by atoms with Crippen LogP contribution >= 0.6 is 11.6 Å². The maximum atomic E-state index is 6.13. The molecule has 0 nitrogen and oxygen atoms in total. The third kappa shape index (κ3) is 1.70. The normalized spacial score (nSPS) is 9.92. The first-order chi connectivity index (χ1) is 5.66. The molecule has 1 aromatic carbocycles. The van der Waals surface area contributed by atoms with Gasteiger partial charge in [0.25, 0.3) is 0 Å². The van der Waals surface area contributed by atoms with E-state index in [2.05, 4.69) is 25.6 Å². The van der Waals surface area contributed by atoms with E-state index in [1.165, 1.54) is 11.1 Å². The van der Waals surface area contributed by atoms with Gasteiger partial charge >= 0.3 is 0 Å². The van der Waals surface area contributed by atoms with Crippen LogP contribution in [0.3, 0.4) is 0 Å². The van der Waals surface area contributed by atoms with Gasteiger partial charge in [0.05, 0.1) is 0 Å². The van der Waals surface area contributed by atoms with Crippen molar-refractivity contribution in [3.63, 3.8) is 0 Å². The number of hydrogen-bond donors (Lipinski definition) is 0. The fourth-order valence-corrected chi connectivity index (χ4v) is 1.44. The second-order valence-electron chi connectivity index (χ2n) is 2.97. The van der Waals surface area contributed by atoms with Crippen molar-refractivity contribution in [1.82, 2.24) is 0 Å². The van der Waals surface area contributed by atoms with E-state index in [0.717, 1.165) is 17.0 Å². The molecule has 0 aliphatic heterocycles. The molecule has 0 heterocycles. The topological polar surface area (TPSA) is 0 Å². The standard InChI is InChI=1S/C11H13Cl/c1-4-5-10-7-6-8(2)9(3)11(10)12/h4,6-7H,1,5H2,2-3H3. The number of rotatable bonds is 2. The Morgan fingerprint density at radius 2 is 2.08 bits per heavy atom. The predicted molar refractivity (Wildman–Crippen MR) is 54.8 cm³/mol. The van der Waals surface area contributed by atoms with E-state index in [1.54, 1.807) is 0 Å². The molecule has 0 N–H and O–H groups in total. The van der Waals surface area contributed by atoms with E-state index in [0.29, 0.717) is 0 Å². The number of hydrogen-bond acceptors (Lipinski definition) is 0. The van der Waals surface area contributed by atoms with Crippen molar-refractivity contribution in [3.8, 4) is 0 Å². The highest BCUT2D eigenvalue weighted by Gasteiger charge is 2.03. The molecule has 0 saturated carbocycles. The van der Waals surface area contributed by atoms with Crippen LogP contribution in [0.25, 0.3) is 0 Å². The highest BCUT2D eigenvalue weighted by molar-refractivity contribution is 6.32. The molecule has 0 aliphatic rings. The SMILES string of the molecule is C=CCc1ccc(C)c(C)c1Cl. The zero-order valence-electron chi connectivity index (χ0n) is 7.52. The molecule has 0 aromatic heterocycles. The number of aryl methyl sites for hydroxylation is 1. The Balaban J connectivity index is 3.16. The van der Waals surface area contributed by atoms with E-state index in [1.807, 2.05) is 13.0 Å². The lowest BCUT2D eigenvalue weighted by Gasteiger charge is -2.06. The summed E-state index contributed by atoms with van der Waals surface area (Å²) in [5.74, 6) is 0. The van der Waals surface area contributed by atoms with Crippen LogP contribution in [0, 0.1) is 13.8 Å². The molecule has 0 unspecified atom stereocenters. The van der Waals surface area contributed by atoms with Crippen LogP contribution in [-0.2, 0) is 6.42 Å². The Morgan fingerprint density at radius 1 is 1.42 bits per heavy atom. The van der Waals surface area contributed by atoms with Gasteiger partial charge in [-0.2, -0.15) is 0 Å². The van der Waals surface area contributed by atoms with Gasteiger partial charge in [-0.25, -0.2) is 0 Å². The van der Waals surface area contributed by atoms with Crippen LogP contribution in [0.2, 0.25) is 5.02 Å². The Hall–Kier alpha value is -0.750. The van der Waals surface area contributed by atoms with E-state index in [9.17, 15) is 0 Å². The van der Waals surface area contributed by atoms with Gasteiger partial charge in [0.15, 0.2) is 0 Å². The van der Waals surface area contributed by atoms with Gasteiger partial charge < -0.3 is 0 Å². The van der Waals surface area contributed by atoms with E-state index in [4.69, 9.17) is 11.6 Å². The molecular weight excluding hydrogens is 168 g/mol. The summed E-state index contributed by atoms with van der Waals surface area (Å²) in [5, 5.41) is 0.884. The quantitative estimate of drug-likeness (QED) is 0.609. The highest BCUT2D eigenvalue weighted by Crippen LogP contribution is 2.23. The van der Waals surface area contributed by atoms with Crippen molar-refractivity contribution in [3.05, 3.63) is 46.5 Å². The second kappa shape index (κ2) is 3.77. The fourth-order valence-electron chi connectivity index (χ4n) is 1.15. The number of allylic oxidation sites excluding steroid dienone is 1. The Bertz CT molecular complexity index is 300. The Morgan fingerprint density at radius 3 is 2.67 bits per heavy atom. The fraction of sp³-hybridized carbons (Fsp3) is 0.273. The molecule has 0 fully saturated rings. The molecular formula is C11H13Cl. The predicted octanol–water partition coefficient (Wildman–Crippen LogP) is 3.69. The zero-order valence-corrected chi connectivity index (χ0v) is 8.28. The van der Waals surface area contributed by atoms with Gasteiger partial charge in [0, 0.05) is 5.02 Å². The third-order valence-electron chi connectivity index (χ3n) is 2.10. The summed E-state index contributed by atoms with van der Waals surface area (Å²) < 4.78 is 0. The molecule has 0 radical (unpaired) electrons. The summed E-state index contributed by atoms with van der Waals surface area (Å²) in [5.41, 5.74) is 3.58. The smallest absolute Gasteiger partial charge is 0.0472 e. The van der Waals surface area contributed by atoms with Crippen molar-refractivity contribution >= 4 is 11.6 Å². The van der Waals surface area contributed by atoms with Gasteiger partial charge in [0.2, 0.25) is 0 Å². The van der Waals surface area contributed by atoms with Crippen LogP contribution in [0.5, 0.6) is 0 Å². The molecule has 0 spiro atoms. The second-order valence-corrected chi connectivity index (χ2v) is 3.35. The number of halogens is 1. The largest absolute Gasteiger partial charge is 0.103 e. The van der Waals surface area contributed by atoms with Crippen LogP contribution in [0.15, 0.2) is 24.8 Å². The monoisotopic (exact) mass is 180 g/mol. The highest BCUT2D eigenvalue weighted by atomic mass is 35.5. The molecule has 1 heteroatoms. The minimum atomic E-state index is 0.847. The third-order valence-corrected chi connectivity index (χ3v) is 2.63. The van der Waals surface area contributed by atoms with Crippen LogP contribution in [-0.4, -0.2) is 0 Å². The molecule has 1 rings (SSSR count). The zero-order chi connectivity index (χ0) is 9.14. The van der Waals surface area contributed by atoms with Crippen LogP contribution < -0.4 is 0 Å². The molecule has 1 aromatic rings. The summed E-state index contributed by atoms with van der Waals surface area (Å²) in [6.45, 7) is 7.80. The van der Waals surface area contributed by atoms with Gasteiger partial charge in [-0.15, -0.1) is 6.58 Å².